The first-order valence-electron chi connectivity index (χ1n) is 10.7. The number of halogens is 3. The number of carbonyl (C=O) groups excluding carboxylic acids is 3. The number of hydroxylamine groups is 1. The van der Waals surface area contributed by atoms with Crippen LogP contribution in [0, 0.1) is 11.8 Å². The number of hydrogen-bond acceptors (Lipinski definition) is 6. The lowest BCUT2D eigenvalue weighted by Gasteiger charge is -2.26. The molecule has 0 aliphatic heterocycles. The van der Waals surface area contributed by atoms with Crippen molar-refractivity contribution >= 4 is 17.8 Å². The Hall–Kier alpha value is -2.66. The Morgan fingerprint density at radius 2 is 1.79 bits per heavy atom. The molecule has 0 spiro atoms. The van der Waals surface area contributed by atoms with Gasteiger partial charge in [0.2, 0.25) is 5.91 Å². The van der Waals surface area contributed by atoms with E-state index in [9.17, 15) is 32.7 Å². The zero-order valence-corrected chi connectivity index (χ0v) is 18.4. The monoisotopic (exact) mass is 474 g/mol. The fourth-order valence-corrected chi connectivity index (χ4v) is 3.80. The van der Waals surface area contributed by atoms with Crippen LogP contribution in [0.15, 0.2) is 24.3 Å². The molecule has 2 rings (SSSR count). The molecule has 0 heterocycles. The number of nitrogens with one attached hydrogen (secondary N) is 2. The summed E-state index contributed by atoms with van der Waals surface area (Å²) >= 11 is 0. The summed E-state index contributed by atoms with van der Waals surface area (Å²) in [7, 11) is 0. The normalized spacial score (nSPS) is 17.3. The third-order valence-electron chi connectivity index (χ3n) is 5.48. The largest absolute Gasteiger partial charge is 0.461 e. The zero-order valence-electron chi connectivity index (χ0n) is 18.4. The van der Waals surface area contributed by atoms with Gasteiger partial charge in [0, 0.05) is 0 Å². The molecule has 33 heavy (non-hydrogen) atoms. The summed E-state index contributed by atoms with van der Waals surface area (Å²) in [5.41, 5.74) is 0.112. The summed E-state index contributed by atoms with van der Waals surface area (Å²) in [4.78, 5) is 37.6. The van der Waals surface area contributed by atoms with E-state index in [1.165, 1.54) is 11.5 Å². The van der Waals surface area contributed by atoms with Gasteiger partial charge in [-0.3, -0.25) is 14.8 Å². The van der Waals surface area contributed by atoms with Crippen LogP contribution in [-0.2, 0) is 25.3 Å². The molecular formula is C22H29F3N2O6. The van der Waals surface area contributed by atoms with Crippen LogP contribution in [0.4, 0.5) is 13.2 Å². The van der Waals surface area contributed by atoms with Crippen LogP contribution in [0.2, 0.25) is 0 Å². The standard InChI is InChI=1S/C22H29F3N2O6/c1-12(2)10-16(18(28)20(30)27-32)19(29)26-17(21(31)33-15-8-3-4-9-15)13-6-5-7-14(11-13)22(23,24)25/h5-7,11-12,15-18,28,32H,3-4,8-10H2,1-2H3,(H,26,29)(H,27,30)/t16-,17+,18+/m1/s1. The number of esters is 1. The minimum absolute atomic E-state index is 0.00734. The third-order valence-corrected chi connectivity index (χ3v) is 5.48. The Kier molecular flexibility index (Phi) is 9.24. The lowest BCUT2D eigenvalue weighted by Crippen LogP contribution is -2.47. The SMILES string of the molecule is CC(C)C[C@@H](C(=O)N[C@H](C(=O)OC1CCCC1)c1cccc(C(F)(F)F)c1)[C@H](O)C(=O)NO. The molecule has 0 bridgehead atoms. The number of hydrogen-bond donors (Lipinski definition) is 4. The fraction of sp³-hybridized carbons (Fsp3) is 0.591. The van der Waals surface area contributed by atoms with E-state index in [2.05, 4.69) is 5.32 Å². The van der Waals surface area contributed by atoms with Crippen molar-refractivity contribution in [3.8, 4) is 0 Å². The van der Waals surface area contributed by atoms with Crippen LogP contribution in [0.3, 0.4) is 0 Å². The summed E-state index contributed by atoms with van der Waals surface area (Å²) in [5.74, 6) is -4.63. The summed E-state index contributed by atoms with van der Waals surface area (Å²) in [6.45, 7) is 3.45. The maximum atomic E-state index is 13.2. The van der Waals surface area contributed by atoms with Crippen molar-refractivity contribution in [3.63, 3.8) is 0 Å². The van der Waals surface area contributed by atoms with E-state index in [0.717, 1.165) is 31.0 Å². The van der Waals surface area contributed by atoms with Crippen molar-refractivity contribution in [1.82, 2.24) is 10.8 Å². The van der Waals surface area contributed by atoms with Crippen LogP contribution in [0.1, 0.15) is 63.1 Å². The summed E-state index contributed by atoms with van der Waals surface area (Å²) in [5, 5.41) is 21.4. The van der Waals surface area contributed by atoms with Crippen molar-refractivity contribution in [2.24, 2.45) is 11.8 Å². The molecule has 1 aliphatic rings. The van der Waals surface area contributed by atoms with Gasteiger partial charge in [-0.2, -0.15) is 13.2 Å². The molecule has 1 fully saturated rings. The Labute approximate surface area is 189 Å². The first-order valence-corrected chi connectivity index (χ1v) is 10.7. The molecule has 0 saturated heterocycles. The van der Waals surface area contributed by atoms with Crippen molar-refractivity contribution in [3.05, 3.63) is 35.4 Å². The molecule has 11 heteroatoms. The van der Waals surface area contributed by atoms with Gasteiger partial charge in [-0.05, 0) is 55.7 Å². The van der Waals surface area contributed by atoms with Crippen molar-refractivity contribution in [1.29, 1.82) is 0 Å². The summed E-state index contributed by atoms with van der Waals surface area (Å²) in [6, 6.07) is 2.36. The maximum Gasteiger partial charge on any atom is 0.416 e. The van der Waals surface area contributed by atoms with Crippen LogP contribution >= 0.6 is 0 Å². The minimum atomic E-state index is -4.67. The fourth-order valence-electron chi connectivity index (χ4n) is 3.80. The quantitative estimate of drug-likeness (QED) is 0.248. The molecular weight excluding hydrogens is 445 g/mol. The number of alkyl halides is 3. The number of aliphatic hydroxyl groups excluding tert-OH is 1. The highest BCUT2D eigenvalue weighted by molar-refractivity contribution is 5.91. The van der Waals surface area contributed by atoms with E-state index in [0.29, 0.717) is 12.8 Å². The Balaban J connectivity index is 2.36. The van der Waals surface area contributed by atoms with Crippen molar-refractivity contribution < 1.29 is 42.6 Å². The van der Waals surface area contributed by atoms with Crippen LogP contribution in [-0.4, -0.2) is 40.3 Å². The number of carbonyl (C=O) groups is 3. The molecule has 184 valence electrons. The number of ether oxygens (including phenoxy) is 1. The molecule has 1 aromatic rings. The lowest BCUT2D eigenvalue weighted by molar-refractivity contribution is -0.154. The van der Waals surface area contributed by atoms with E-state index in [4.69, 9.17) is 9.94 Å². The summed E-state index contributed by atoms with van der Waals surface area (Å²) in [6.07, 6.45) is -4.09. The van der Waals surface area contributed by atoms with Gasteiger partial charge < -0.3 is 15.2 Å². The van der Waals surface area contributed by atoms with E-state index < -0.39 is 53.7 Å². The van der Waals surface area contributed by atoms with E-state index in [-0.39, 0.29) is 17.9 Å². The maximum absolute atomic E-state index is 13.2. The van der Waals surface area contributed by atoms with Gasteiger partial charge in [0.05, 0.1) is 11.5 Å². The van der Waals surface area contributed by atoms with Gasteiger partial charge in [-0.1, -0.05) is 26.0 Å². The number of amides is 2. The average molecular weight is 474 g/mol. The Bertz CT molecular complexity index is 840. The van der Waals surface area contributed by atoms with Gasteiger partial charge in [0.25, 0.3) is 5.91 Å². The smallest absolute Gasteiger partial charge is 0.416 e. The van der Waals surface area contributed by atoms with Crippen LogP contribution < -0.4 is 10.8 Å². The first kappa shape index (κ1) is 26.6. The van der Waals surface area contributed by atoms with Crippen LogP contribution in [0.5, 0.6) is 0 Å². The average Bonchev–Trinajstić information content (AvgIpc) is 3.26. The molecule has 2 amide bonds. The number of benzene rings is 1. The molecule has 0 radical (unpaired) electrons. The Morgan fingerprint density at radius 3 is 2.33 bits per heavy atom. The second-order valence-corrected chi connectivity index (χ2v) is 8.57. The second kappa shape index (κ2) is 11.5. The molecule has 1 aliphatic carbocycles. The Morgan fingerprint density at radius 1 is 1.15 bits per heavy atom. The van der Waals surface area contributed by atoms with Crippen molar-refractivity contribution in [2.75, 3.05) is 0 Å². The van der Waals surface area contributed by atoms with Gasteiger partial charge >= 0.3 is 12.1 Å². The summed E-state index contributed by atoms with van der Waals surface area (Å²) < 4.78 is 45.1. The van der Waals surface area contributed by atoms with Gasteiger partial charge in [0.1, 0.15) is 12.2 Å². The van der Waals surface area contributed by atoms with Gasteiger partial charge in [0.15, 0.2) is 6.04 Å². The molecule has 0 unspecified atom stereocenters. The minimum Gasteiger partial charge on any atom is -0.461 e. The highest BCUT2D eigenvalue weighted by Crippen LogP contribution is 2.32. The predicted molar refractivity (Wildman–Crippen MR) is 110 cm³/mol. The van der Waals surface area contributed by atoms with E-state index in [1.807, 2.05) is 0 Å². The topological polar surface area (TPSA) is 125 Å². The number of rotatable bonds is 9. The van der Waals surface area contributed by atoms with E-state index in [1.54, 1.807) is 13.8 Å². The molecule has 3 atom stereocenters. The third kappa shape index (κ3) is 7.43. The molecule has 4 N–H and O–H groups in total. The highest BCUT2D eigenvalue weighted by atomic mass is 19.4. The predicted octanol–water partition coefficient (Wildman–Crippen LogP) is 2.88. The number of aliphatic hydroxyl groups is 1. The highest BCUT2D eigenvalue weighted by Gasteiger charge is 2.37. The second-order valence-electron chi connectivity index (χ2n) is 8.57. The van der Waals surface area contributed by atoms with Gasteiger partial charge in [-0.15, -0.1) is 0 Å². The molecule has 1 aromatic carbocycles. The van der Waals surface area contributed by atoms with Crippen LogP contribution in [0.25, 0.3) is 0 Å². The zero-order chi connectivity index (χ0) is 24.8. The molecule has 8 nitrogen and oxygen atoms in total. The lowest BCUT2D eigenvalue weighted by atomic mass is 9.90. The van der Waals surface area contributed by atoms with Crippen molar-refractivity contribution in [2.45, 2.75) is 70.4 Å². The van der Waals surface area contributed by atoms with E-state index >= 15 is 0 Å². The van der Waals surface area contributed by atoms with Gasteiger partial charge in [-0.25, -0.2) is 10.3 Å². The first-order chi connectivity index (χ1) is 15.4. The molecule has 1 saturated carbocycles. The molecule has 0 aromatic heterocycles.